The summed E-state index contributed by atoms with van der Waals surface area (Å²) >= 11 is 0. The fourth-order valence-electron chi connectivity index (χ4n) is 3.03. The smallest absolute Gasteiger partial charge is 0.0874 e. The first kappa shape index (κ1) is 11.0. The zero-order valence-corrected chi connectivity index (χ0v) is 10.9. The van der Waals surface area contributed by atoms with E-state index in [1.54, 1.807) is 0 Å². The van der Waals surface area contributed by atoms with E-state index in [2.05, 4.69) is 50.8 Å². The minimum Gasteiger partial charge on any atom is -0.314 e. The number of nitrogens with zero attached hydrogens (tertiary/aromatic N) is 3. The molecule has 0 aliphatic carbocycles. The van der Waals surface area contributed by atoms with Crippen LogP contribution in [0.4, 0.5) is 0 Å². The summed E-state index contributed by atoms with van der Waals surface area (Å²) in [6.07, 6.45) is 6.73. The second kappa shape index (κ2) is 4.35. The quantitative estimate of drug-likeness (QED) is 0.697. The summed E-state index contributed by atoms with van der Waals surface area (Å²) in [6.45, 7) is 3.53. The molecule has 0 radical (unpaired) electrons. The number of rotatable bonds is 2. The maximum atomic E-state index is 4.58. The van der Waals surface area contributed by atoms with Crippen molar-refractivity contribution in [2.75, 3.05) is 13.1 Å². The van der Waals surface area contributed by atoms with E-state index in [4.69, 9.17) is 0 Å². The molecule has 0 saturated carbocycles. The first-order valence-electron chi connectivity index (χ1n) is 6.97. The van der Waals surface area contributed by atoms with E-state index in [0.29, 0.717) is 0 Å². The number of benzene rings is 1. The van der Waals surface area contributed by atoms with E-state index in [1.807, 2.05) is 6.20 Å². The molecule has 1 aromatic carbocycles. The van der Waals surface area contributed by atoms with Gasteiger partial charge in [-0.05, 0) is 55.8 Å². The van der Waals surface area contributed by atoms with Crippen molar-refractivity contribution in [3.8, 4) is 0 Å². The molecule has 3 aromatic rings. The third-order valence-corrected chi connectivity index (χ3v) is 4.02. The summed E-state index contributed by atoms with van der Waals surface area (Å²) in [5.41, 5.74) is 4.79. The third kappa shape index (κ3) is 1.90. The van der Waals surface area contributed by atoms with E-state index < -0.39 is 0 Å². The summed E-state index contributed by atoms with van der Waals surface area (Å²) in [5, 5.41) is 0. The first-order chi connectivity index (χ1) is 9.40. The Hall–Kier alpha value is -1.87. The molecular formula is C16H17N3. The van der Waals surface area contributed by atoms with Gasteiger partial charge in [0, 0.05) is 12.7 Å². The van der Waals surface area contributed by atoms with Gasteiger partial charge in [-0.1, -0.05) is 6.07 Å². The van der Waals surface area contributed by atoms with Gasteiger partial charge in [-0.15, -0.1) is 0 Å². The molecule has 96 valence electrons. The molecule has 1 fully saturated rings. The van der Waals surface area contributed by atoms with Crippen molar-refractivity contribution in [1.82, 2.24) is 14.3 Å². The van der Waals surface area contributed by atoms with Crippen LogP contribution in [-0.2, 0) is 6.54 Å². The predicted octanol–water partition coefficient (Wildman–Crippen LogP) is 3.08. The van der Waals surface area contributed by atoms with Crippen LogP contribution >= 0.6 is 0 Å². The Labute approximate surface area is 112 Å². The molecule has 1 saturated heterocycles. The van der Waals surface area contributed by atoms with Crippen LogP contribution in [0.1, 0.15) is 18.4 Å². The van der Waals surface area contributed by atoms with Gasteiger partial charge < -0.3 is 4.40 Å². The maximum absolute atomic E-state index is 4.58. The van der Waals surface area contributed by atoms with Crippen molar-refractivity contribution in [3.63, 3.8) is 0 Å². The Morgan fingerprint density at radius 3 is 2.89 bits per heavy atom. The Balaban J connectivity index is 1.76. The Bertz CT molecular complexity index is 723. The lowest BCUT2D eigenvalue weighted by Crippen LogP contribution is -2.18. The lowest BCUT2D eigenvalue weighted by molar-refractivity contribution is 0.331. The van der Waals surface area contributed by atoms with E-state index in [1.165, 1.54) is 37.0 Å². The molecular weight excluding hydrogens is 234 g/mol. The second-order valence-electron chi connectivity index (χ2n) is 5.37. The Kier molecular flexibility index (Phi) is 2.52. The van der Waals surface area contributed by atoms with E-state index in [0.717, 1.165) is 17.6 Å². The third-order valence-electron chi connectivity index (χ3n) is 4.02. The van der Waals surface area contributed by atoms with Gasteiger partial charge in [0.2, 0.25) is 0 Å². The summed E-state index contributed by atoms with van der Waals surface area (Å²) in [7, 11) is 0. The average molecular weight is 251 g/mol. The number of hydrogen-bond donors (Lipinski definition) is 0. The lowest BCUT2D eigenvalue weighted by atomic mass is 10.2. The van der Waals surface area contributed by atoms with Gasteiger partial charge in [-0.25, -0.2) is 0 Å². The lowest BCUT2D eigenvalue weighted by Gasteiger charge is -2.14. The number of fused-ring (bicyclic) bond motifs is 3. The Morgan fingerprint density at radius 1 is 1.11 bits per heavy atom. The molecule has 1 aliphatic rings. The van der Waals surface area contributed by atoms with Gasteiger partial charge in [0.25, 0.3) is 0 Å². The molecule has 0 N–H and O–H groups in total. The van der Waals surface area contributed by atoms with Crippen LogP contribution in [-0.4, -0.2) is 27.4 Å². The zero-order chi connectivity index (χ0) is 12.7. The highest BCUT2D eigenvalue weighted by Crippen LogP contribution is 2.19. The monoisotopic (exact) mass is 251 g/mol. The van der Waals surface area contributed by atoms with Crippen LogP contribution in [0.5, 0.6) is 0 Å². The summed E-state index contributed by atoms with van der Waals surface area (Å²) < 4.78 is 2.20. The molecule has 3 heterocycles. The Morgan fingerprint density at radius 2 is 2.00 bits per heavy atom. The molecule has 0 amide bonds. The van der Waals surface area contributed by atoms with Crippen molar-refractivity contribution >= 4 is 16.6 Å². The number of likely N-dealkylation sites (tertiary alicyclic amines) is 1. The van der Waals surface area contributed by atoms with Gasteiger partial charge in [0.05, 0.1) is 22.7 Å². The molecule has 4 rings (SSSR count). The molecule has 3 heteroatoms. The van der Waals surface area contributed by atoms with Crippen LogP contribution in [0.15, 0.2) is 42.7 Å². The topological polar surface area (TPSA) is 20.5 Å². The molecule has 0 unspecified atom stereocenters. The molecule has 3 nitrogen and oxygen atoms in total. The van der Waals surface area contributed by atoms with Gasteiger partial charge >= 0.3 is 0 Å². The second-order valence-corrected chi connectivity index (χ2v) is 5.37. The highest BCUT2D eigenvalue weighted by Gasteiger charge is 2.12. The van der Waals surface area contributed by atoms with Crippen molar-refractivity contribution < 1.29 is 0 Å². The van der Waals surface area contributed by atoms with E-state index in [-0.39, 0.29) is 0 Å². The molecule has 2 aromatic heterocycles. The van der Waals surface area contributed by atoms with E-state index >= 15 is 0 Å². The first-order valence-corrected chi connectivity index (χ1v) is 6.97. The SMILES string of the molecule is c1cc2cnc3cc(CN4CCCC4)ccc3n2c1. The van der Waals surface area contributed by atoms with Crippen LogP contribution in [0, 0.1) is 0 Å². The average Bonchev–Trinajstić information content (AvgIpc) is 3.08. The minimum absolute atomic E-state index is 1.06. The summed E-state index contributed by atoms with van der Waals surface area (Å²) in [5.74, 6) is 0. The van der Waals surface area contributed by atoms with Gasteiger partial charge in [0.15, 0.2) is 0 Å². The van der Waals surface area contributed by atoms with Crippen LogP contribution in [0.25, 0.3) is 16.6 Å². The zero-order valence-electron chi connectivity index (χ0n) is 10.9. The van der Waals surface area contributed by atoms with Crippen molar-refractivity contribution in [1.29, 1.82) is 0 Å². The van der Waals surface area contributed by atoms with Gasteiger partial charge in [-0.2, -0.15) is 0 Å². The van der Waals surface area contributed by atoms with Gasteiger partial charge in [0.1, 0.15) is 0 Å². The fourth-order valence-corrected chi connectivity index (χ4v) is 3.03. The van der Waals surface area contributed by atoms with Crippen molar-refractivity contribution in [3.05, 3.63) is 48.3 Å². The standard InChI is InChI=1S/C16H17N3/c1-2-8-18(7-1)12-13-5-6-16-15(10-13)17-11-14-4-3-9-19(14)16/h3-6,9-11H,1-2,7-8,12H2. The fraction of sp³-hybridized carbons (Fsp3) is 0.312. The predicted molar refractivity (Wildman–Crippen MR) is 77.2 cm³/mol. The molecule has 0 atom stereocenters. The molecule has 0 bridgehead atoms. The largest absolute Gasteiger partial charge is 0.314 e. The normalized spacial score (nSPS) is 16.6. The van der Waals surface area contributed by atoms with Crippen molar-refractivity contribution in [2.45, 2.75) is 19.4 Å². The minimum atomic E-state index is 1.06. The number of aromatic nitrogens is 2. The summed E-state index contributed by atoms with van der Waals surface area (Å²) in [6, 6.07) is 10.8. The maximum Gasteiger partial charge on any atom is 0.0874 e. The van der Waals surface area contributed by atoms with E-state index in [9.17, 15) is 0 Å². The number of hydrogen-bond acceptors (Lipinski definition) is 2. The summed E-state index contributed by atoms with van der Waals surface area (Å²) in [4.78, 5) is 7.10. The molecule has 0 spiro atoms. The van der Waals surface area contributed by atoms with Gasteiger partial charge in [-0.3, -0.25) is 9.88 Å². The molecule has 1 aliphatic heterocycles. The van der Waals surface area contributed by atoms with Crippen LogP contribution < -0.4 is 0 Å². The molecule has 19 heavy (non-hydrogen) atoms. The highest BCUT2D eigenvalue weighted by atomic mass is 15.1. The van der Waals surface area contributed by atoms with Crippen molar-refractivity contribution in [2.24, 2.45) is 0 Å². The van der Waals surface area contributed by atoms with Crippen LogP contribution in [0.2, 0.25) is 0 Å². The van der Waals surface area contributed by atoms with Crippen LogP contribution in [0.3, 0.4) is 0 Å². The highest BCUT2D eigenvalue weighted by molar-refractivity contribution is 5.78.